The van der Waals surface area contributed by atoms with E-state index in [2.05, 4.69) is 13.8 Å². The van der Waals surface area contributed by atoms with Crippen LogP contribution in [0, 0.1) is 5.92 Å². The van der Waals surface area contributed by atoms with Gasteiger partial charge in [-0.15, -0.1) is 0 Å². The summed E-state index contributed by atoms with van der Waals surface area (Å²) < 4.78 is 5.59. The van der Waals surface area contributed by atoms with Gasteiger partial charge in [0.15, 0.2) is 0 Å². The van der Waals surface area contributed by atoms with Gasteiger partial charge in [-0.3, -0.25) is 14.5 Å². The molecule has 0 bridgehead atoms. The van der Waals surface area contributed by atoms with Crippen molar-refractivity contribution >= 4 is 11.8 Å². The smallest absolute Gasteiger partial charge is 0.236 e. The zero-order valence-corrected chi connectivity index (χ0v) is 11.6. The standard InChI is InChI=1S/C15H19NO3/c1-10(2)9-19-12-6-4-11(5-7-12)13-8-14(17)16(3)15(13)18/h4-7,10,13H,8-9H2,1-3H3. The van der Waals surface area contributed by atoms with Crippen molar-refractivity contribution in [3.8, 4) is 5.75 Å². The third-order valence-electron chi connectivity index (χ3n) is 3.25. The molecule has 1 heterocycles. The highest BCUT2D eigenvalue weighted by Gasteiger charge is 2.36. The number of nitrogens with zero attached hydrogens (tertiary/aromatic N) is 1. The Morgan fingerprint density at radius 1 is 1.26 bits per heavy atom. The van der Waals surface area contributed by atoms with E-state index in [9.17, 15) is 9.59 Å². The molecule has 0 saturated carbocycles. The Balaban J connectivity index is 2.07. The van der Waals surface area contributed by atoms with Crippen molar-refractivity contribution in [3.05, 3.63) is 29.8 Å². The van der Waals surface area contributed by atoms with Crippen LogP contribution in [0.1, 0.15) is 31.7 Å². The normalized spacial score (nSPS) is 19.4. The first-order chi connectivity index (χ1) is 8.99. The first kappa shape index (κ1) is 13.6. The number of likely N-dealkylation sites (N-methyl/N-ethyl adjacent to an activating group) is 1. The second-order valence-corrected chi connectivity index (χ2v) is 5.32. The van der Waals surface area contributed by atoms with E-state index in [1.807, 2.05) is 24.3 Å². The maximum Gasteiger partial charge on any atom is 0.236 e. The van der Waals surface area contributed by atoms with Gasteiger partial charge in [-0.05, 0) is 23.6 Å². The molecule has 0 radical (unpaired) electrons. The van der Waals surface area contributed by atoms with Crippen LogP contribution in [0.2, 0.25) is 0 Å². The van der Waals surface area contributed by atoms with E-state index < -0.39 is 0 Å². The second kappa shape index (κ2) is 5.43. The molecule has 1 fully saturated rings. The summed E-state index contributed by atoms with van der Waals surface area (Å²) >= 11 is 0. The van der Waals surface area contributed by atoms with E-state index in [0.717, 1.165) is 11.3 Å². The highest BCUT2D eigenvalue weighted by Crippen LogP contribution is 2.29. The summed E-state index contributed by atoms with van der Waals surface area (Å²) in [5.74, 6) is 0.692. The lowest BCUT2D eigenvalue weighted by Crippen LogP contribution is -2.25. The number of hydrogen-bond donors (Lipinski definition) is 0. The molecule has 102 valence electrons. The fraction of sp³-hybridized carbons (Fsp3) is 0.467. The Kier molecular flexibility index (Phi) is 3.88. The topological polar surface area (TPSA) is 46.6 Å². The zero-order chi connectivity index (χ0) is 14.0. The first-order valence-corrected chi connectivity index (χ1v) is 6.52. The molecule has 1 aromatic rings. The fourth-order valence-corrected chi connectivity index (χ4v) is 2.08. The van der Waals surface area contributed by atoms with Gasteiger partial charge in [0.2, 0.25) is 11.8 Å². The molecule has 1 atom stereocenters. The molecule has 1 aromatic carbocycles. The molecule has 1 unspecified atom stereocenters. The predicted octanol–water partition coefficient (Wildman–Crippen LogP) is 2.19. The van der Waals surface area contributed by atoms with Crippen LogP contribution in [-0.2, 0) is 9.59 Å². The van der Waals surface area contributed by atoms with Gasteiger partial charge in [0.05, 0.1) is 12.5 Å². The summed E-state index contributed by atoms with van der Waals surface area (Å²) in [5, 5.41) is 0. The summed E-state index contributed by atoms with van der Waals surface area (Å²) in [5.41, 5.74) is 0.875. The second-order valence-electron chi connectivity index (χ2n) is 5.32. The molecule has 0 aliphatic carbocycles. The number of rotatable bonds is 4. The highest BCUT2D eigenvalue weighted by atomic mass is 16.5. The number of amides is 2. The van der Waals surface area contributed by atoms with E-state index in [4.69, 9.17) is 4.74 Å². The Labute approximate surface area is 113 Å². The van der Waals surface area contributed by atoms with E-state index in [1.54, 1.807) is 0 Å². The van der Waals surface area contributed by atoms with Gasteiger partial charge < -0.3 is 4.74 Å². The minimum absolute atomic E-state index is 0.116. The molecule has 0 spiro atoms. The fourth-order valence-electron chi connectivity index (χ4n) is 2.08. The first-order valence-electron chi connectivity index (χ1n) is 6.52. The Bertz CT molecular complexity index is 479. The lowest BCUT2D eigenvalue weighted by Gasteiger charge is -2.11. The average molecular weight is 261 g/mol. The molecule has 2 amide bonds. The minimum Gasteiger partial charge on any atom is -0.493 e. The molecule has 4 heteroatoms. The predicted molar refractivity (Wildman–Crippen MR) is 71.9 cm³/mol. The van der Waals surface area contributed by atoms with Crippen LogP contribution in [0.3, 0.4) is 0 Å². The summed E-state index contributed by atoms with van der Waals surface area (Å²) in [6.07, 6.45) is 0.265. The molecule has 19 heavy (non-hydrogen) atoms. The molecule has 1 aliphatic heterocycles. The number of carbonyl (C=O) groups excluding carboxylic acids is 2. The largest absolute Gasteiger partial charge is 0.493 e. The average Bonchev–Trinajstić information content (AvgIpc) is 2.65. The Morgan fingerprint density at radius 3 is 2.37 bits per heavy atom. The van der Waals surface area contributed by atoms with Crippen LogP contribution < -0.4 is 4.74 Å². The molecule has 2 rings (SSSR count). The van der Waals surface area contributed by atoms with Crippen molar-refractivity contribution in [1.82, 2.24) is 4.90 Å². The molecule has 1 aliphatic rings. The van der Waals surface area contributed by atoms with Gasteiger partial charge in [-0.2, -0.15) is 0 Å². The summed E-state index contributed by atoms with van der Waals surface area (Å²) in [4.78, 5) is 24.6. The molecule has 0 aromatic heterocycles. The summed E-state index contributed by atoms with van der Waals surface area (Å²) in [7, 11) is 1.53. The number of carbonyl (C=O) groups is 2. The number of imide groups is 1. The quantitative estimate of drug-likeness (QED) is 0.781. The van der Waals surface area contributed by atoms with Crippen LogP contribution >= 0.6 is 0 Å². The van der Waals surface area contributed by atoms with Crippen LogP contribution in [0.5, 0.6) is 5.75 Å². The Morgan fingerprint density at radius 2 is 1.89 bits per heavy atom. The number of ether oxygens (including phenoxy) is 1. The van der Waals surface area contributed by atoms with E-state index in [-0.39, 0.29) is 24.2 Å². The maximum absolute atomic E-state index is 11.9. The van der Waals surface area contributed by atoms with Crippen molar-refractivity contribution in [1.29, 1.82) is 0 Å². The van der Waals surface area contributed by atoms with Gasteiger partial charge in [-0.25, -0.2) is 0 Å². The monoisotopic (exact) mass is 261 g/mol. The molecule has 1 saturated heterocycles. The van der Waals surface area contributed by atoms with E-state index in [1.165, 1.54) is 11.9 Å². The van der Waals surface area contributed by atoms with Crippen molar-refractivity contribution in [2.24, 2.45) is 5.92 Å². The molecular formula is C15H19NO3. The van der Waals surface area contributed by atoms with Crippen molar-refractivity contribution in [2.75, 3.05) is 13.7 Å². The zero-order valence-electron chi connectivity index (χ0n) is 11.6. The van der Waals surface area contributed by atoms with Crippen LogP contribution in [0.25, 0.3) is 0 Å². The molecule has 0 N–H and O–H groups in total. The summed E-state index contributed by atoms with van der Waals surface area (Å²) in [6.45, 7) is 4.85. The Hall–Kier alpha value is -1.84. The minimum atomic E-state index is -0.336. The van der Waals surface area contributed by atoms with Crippen LogP contribution in [0.4, 0.5) is 0 Å². The van der Waals surface area contributed by atoms with E-state index in [0.29, 0.717) is 12.5 Å². The number of hydrogen-bond acceptors (Lipinski definition) is 3. The maximum atomic E-state index is 11.9. The molecular weight excluding hydrogens is 242 g/mol. The van der Waals surface area contributed by atoms with Crippen molar-refractivity contribution in [3.63, 3.8) is 0 Å². The van der Waals surface area contributed by atoms with Gasteiger partial charge in [0.25, 0.3) is 0 Å². The third kappa shape index (κ3) is 2.95. The van der Waals surface area contributed by atoms with Crippen molar-refractivity contribution in [2.45, 2.75) is 26.2 Å². The lowest BCUT2D eigenvalue weighted by atomic mass is 9.97. The van der Waals surface area contributed by atoms with E-state index >= 15 is 0 Å². The number of benzene rings is 1. The summed E-state index contributed by atoms with van der Waals surface area (Å²) in [6, 6.07) is 7.44. The van der Waals surface area contributed by atoms with Gasteiger partial charge in [-0.1, -0.05) is 26.0 Å². The number of likely N-dealkylation sites (tertiary alicyclic amines) is 1. The lowest BCUT2D eigenvalue weighted by molar-refractivity contribution is -0.137. The van der Waals surface area contributed by atoms with Crippen molar-refractivity contribution < 1.29 is 14.3 Å². The SMILES string of the molecule is CC(C)COc1ccc(C2CC(=O)N(C)C2=O)cc1. The van der Waals surface area contributed by atoms with Crippen LogP contribution in [-0.4, -0.2) is 30.4 Å². The van der Waals surface area contributed by atoms with Gasteiger partial charge >= 0.3 is 0 Å². The van der Waals surface area contributed by atoms with Gasteiger partial charge in [0, 0.05) is 13.5 Å². The van der Waals surface area contributed by atoms with Gasteiger partial charge in [0.1, 0.15) is 5.75 Å². The molecule has 4 nitrogen and oxygen atoms in total. The van der Waals surface area contributed by atoms with Crippen LogP contribution in [0.15, 0.2) is 24.3 Å². The third-order valence-corrected chi connectivity index (χ3v) is 3.25. The highest BCUT2D eigenvalue weighted by molar-refractivity contribution is 6.05.